The number of benzene rings is 2. The summed E-state index contributed by atoms with van der Waals surface area (Å²) < 4.78 is 2.80. The van der Waals surface area contributed by atoms with Gasteiger partial charge in [0, 0.05) is 15.7 Å². The number of rotatable bonds is 2. The molecule has 0 radical (unpaired) electrons. The summed E-state index contributed by atoms with van der Waals surface area (Å²) in [7, 11) is 0. The Morgan fingerprint density at radius 3 is 2.48 bits per heavy atom. The van der Waals surface area contributed by atoms with Crippen LogP contribution in [0.5, 0.6) is 0 Å². The summed E-state index contributed by atoms with van der Waals surface area (Å²) in [5, 5.41) is 12.1. The van der Waals surface area contributed by atoms with Crippen LogP contribution in [-0.2, 0) is 0 Å². The third kappa shape index (κ3) is 2.54. The van der Waals surface area contributed by atoms with E-state index in [1.807, 2.05) is 50.2 Å². The van der Waals surface area contributed by atoms with Crippen LogP contribution >= 0.6 is 15.9 Å². The van der Waals surface area contributed by atoms with Crippen molar-refractivity contribution in [2.24, 2.45) is 0 Å². The minimum absolute atomic E-state index is 0.677. The number of tetrazole rings is 1. The van der Waals surface area contributed by atoms with Crippen LogP contribution in [0, 0.1) is 13.8 Å². The van der Waals surface area contributed by atoms with E-state index in [0.717, 1.165) is 26.9 Å². The SMILES string of the molecule is Cc1cc(Br)cc(C)c1-n1nnnc1-c1cccc(N)c1. The number of hydrogen-bond donors (Lipinski definition) is 1. The highest BCUT2D eigenvalue weighted by Crippen LogP contribution is 2.27. The molecule has 0 spiro atoms. The lowest BCUT2D eigenvalue weighted by molar-refractivity contribution is 0.783. The minimum atomic E-state index is 0.677. The topological polar surface area (TPSA) is 69.6 Å². The zero-order chi connectivity index (χ0) is 15.0. The first-order valence-corrected chi connectivity index (χ1v) is 7.27. The van der Waals surface area contributed by atoms with E-state index >= 15 is 0 Å². The maximum absolute atomic E-state index is 5.85. The molecule has 0 saturated heterocycles. The fraction of sp³-hybridized carbons (Fsp3) is 0.133. The summed E-state index contributed by atoms with van der Waals surface area (Å²) >= 11 is 3.51. The van der Waals surface area contributed by atoms with Gasteiger partial charge >= 0.3 is 0 Å². The molecule has 0 aliphatic rings. The van der Waals surface area contributed by atoms with Crippen LogP contribution in [0.3, 0.4) is 0 Å². The molecule has 0 amide bonds. The Morgan fingerprint density at radius 2 is 1.81 bits per heavy atom. The third-order valence-corrected chi connectivity index (χ3v) is 3.74. The van der Waals surface area contributed by atoms with Crippen LogP contribution in [0.15, 0.2) is 40.9 Å². The number of hydrogen-bond acceptors (Lipinski definition) is 4. The molecule has 0 fully saturated rings. The summed E-state index contributed by atoms with van der Waals surface area (Å²) in [6.45, 7) is 4.08. The predicted molar refractivity (Wildman–Crippen MR) is 86.2 cm³/mol. The first-order chi connectivity index (χ1) is 10.1. The fourth-order valence-electron chi connectivity index (χ4n) is 2.43. The Morgan fingerprint density at radius 1 is 1.10 bits per heavy atom. The Labute approximate surface area is 130 Å². The molecule has 106 valence electrons. The molecule has 3 aromatic rings. The molecule has 3 rings (SSSR count). The standard InChI is InChI=1S/C15H14BrN5/c1-9-6-12(16)7-10(2)14(9)21-15(18-19-20-21)11-4-3-5-13(17)8-11/h3-8H,17H2,1-2H3. The smallest absolute Gasteiger partial charge is 0.187 e. The average Bonchev–Trinajstić information content (AvgIpc) is 2.86. The van der Waals surface area contributed by atoms with Crippen molar-refractivity contribution >= 4 is 21.6 Å². The first-order valence-electron chi connectivity index (χ1n) is 6.47. The fourth-order valence-corrected chi connectivity index (χ4v) is 3.12. The van der Waals surface area contributed by atoms with Crippen molar-refractivity contribution in [3.05, 3.63) is 52.0 Å². The van der Waals surface area contributed by atoms with Gasteiger partial charge in [0.1, 0.15) is 0 Å². The van der Waals surface area contributed by atoms with Crippen molar-refractivity contribution < 1.29 is 0 Å². The summed E-state index contributed by atoms with van der Waals surface area (Å²) in [5.41, 5.74) is 10.6. The van der Waals surface area contributed by atoms with E-state index in [2.05, 4.69) is 31.5 Å². The molecule has 0 saturated carbocycles. The minimum Gasteiger partial charge on any atom is -0.399 e. The van der Waals surface area contributed by atoms with Crippen molar-refractivity contribution in [3.8, 4) is 17.1 Å². The van der Waals surface area contributed by atoms with Crippen LogP contribution < -0.4 is 5.73 Å². The molecule has 0 atom stereocenters. The number of anilines is 1. The number of nitrogens with two attached hydrogens (primary N) is 1. The van der Waals surface area contributed by atoms with Gasteiger partial charge in [-0.3, -0.25) is 0 Å². The van der Waals surface area contributed by atoms with Gasteiger partial charge in [-0.25, -0.2) is 0 Å². The molecule has 2 N–H and O–H groups in total. The lowest BCUT2D eigenvalue weighted by Gasteiger charge is -2.12. The average molecular weight is 344 g/mol. The molecule has 2 aromatic carbocycles. The van der Waals surface area contributed by atoms with E-state index in [1.165, 1.54) is 0 Å². The van der Waals surface area contributed by atoms with Crippen LogP contribution in [-0.4, -0.2) is 20.2 Å². The molecule has 1 heterocycles. The van der Waals surface area contributed by atoms with Crippen molar-refractivity contribution in [1.82, 2.24) is 20.2 Å². The summed E-state index contributed by atoms with van der Waals surface area (Å²) in [5.74, 6) is 0.677. The zero-order valence-electron chi connectivity index (χ0n) is 11.7. The first kappa shape index (κ1) is 13.8. The van der Waals surface area contributed by atoms with Gasteiger partial charge in [0.05, 0.1) is 5.69 Å². The van der Waals surface area contributed by atoms with Gasteiger partial charge in [0.15, 0.2) is 5.82 Å². The molecular weight excluding hydrogens is 330 g/mol. The third-order valence-electron chi connectivity index (χ3n) is 3.28. The van der Waals surface area contributed by atoms with Crippen LogP contribution in [0.1, 0.15) is 11.1 Å². The molecule has 0 aliphatic heterocycles. The van der Waals surface area contributed by atoms with E-state index < -0.39 is 0 Å². The van der Waals surface area contributed by atoms with Gasteiger partial charge < -0.3 is 5.73 Å². The van der Waals surface area contributed by atoms with E-state index in [-0.39, 0.29) is 0 Å². The van der Waals surface area contributed by atoms with Gasteiger partial charge in [0.25, 0.3) is 0 Å². The normalized spacial score (nSPS) is 10.8. The van der Waals surface area contributed by atoms with Gasteiger partial charge in [0.2, 0.25) is 0 Å². The Kier molecular flexibility index (Phi) is 3.47. The zero-order valence-corrected chi connectivity index (χ0v) is 13.3. The van der Waals surface area contributed by atoms with Crippen molar-refractivity contribution in [2.75, 3.05) is 5.73 Å². The number of aryl methyl sites for hydroxylation is 2. The van der Waals surface area contributed by atoms with E-state index in [1.54, 1.807) is 4.68 Å². The molecule has 0 unspecified atom stereocenters. The highest BCUT2D eigenvalue weighted by molar-refractivity contribution is 9.10. The van der Waals surface area contributed by atoms with E-state index in [9.17, 15) is 0 Å². The van der Waals surface area contributed by atoms with Crippen LogP contribution in [0.25, 0.3) is 17.1 Å². The number of aromatic nitrogens is 4. The predicted octanol–water partition coefficient (Wildman–Crippen LogP) is 3.29. The summed E-state index contributed by atoms with van der Waals surface area (Å²) in [6.07, 6.45) is 0. The quantitative estimate of drug-likeness (QED) is 0.725. The van der Waals surface area contributed by atoms with Gasteiger partial charge in [-0.15, -0.1) is 5.10 Å². The molecular formula is C15H14BrN5. The largest absolute Gasteiger partial charge is 0.399 e. The Bertz CT molecular complexity index is 786. The van der Waals surface area contributed by atoms with Crippen LogP contribution in [0.2, 0.25) is 0 Å². The summed E-state index contributed by atoms with van der Waals surface area (Å²) in [4.78, 5) is 0. The Hall–Kier alpha value is -2.21. The lowest BCUT2D eigenvalue weighted by atomic mass is 10.1. The molecule has 0 bridgehead atoms. The lowest BCUT2D eigenvalue weighted by Crippen LogP contribution is -2.05. The highest BCUT2D eigenvalue weighted by Gasteiger charge is 2.15. The van der Waals surface area contributed by atoms with Gasteiger partial charge in [-0.2, -0.15) is 4.68 Å². The number of nitrogens with zero attached hydrogens (tertiary/aromatic N) is 4. The van der Waals surface area contributed by atoms with Gasteiger partial charge in [-0.05, 0) is 59.7 Å². The second kappa shape index (κ2) is 5.29. The van der Waals surface area contributed by atoms with Crippen molar-refractivity contribution in [2.45, 2.75) is 13.8 Å². The second-order valence-electron chi connectivity index (χ2n) is 4.93. The molecule has 21 heavy (non-hydrogen) atoms. The molecule has 0 aliphatic carbocycles. The van der Waals surface area contributed by atoms with Crippen LogP contribution in [0.4, 0.5) is 5.69 Å². The molecule has 6 heteroatoms. The van der Waals surface area contributed by atoms with Crippen molar-refractivity contribution in [3.63, 3.8) is 0 Å². The number of nitrogen functional groups attached to an aromatic ring is 1. The van der Waals surface area contributed by atoms with E-state index in [0.29, 0.717) is 11.5 Å². The van der Waals surface area contributed by atoms with Gasteiger partial charge in [-0.1, -0.05) is 28.1 Å². The molecule has 1 aromatic heterocycles. The molecule has 5 nitrogen and oxygen atoms in total. The maximum Gasteiger partial charge on any atom is 0.187 e. The van der Waals surface area contributed by atoms with E-state index in [4.69, 9.17) is 5.73 Å². The second-order valence-corrected chi connectivity index (χ2v) is 5.84. The summed E-state index contributed by atoms with van der Waals surface area (Å²) in [6, 6.07) is 11.6. The van der Waals surface area contributed by atoms with Crippen molar-refractivity contribution in [1.29, 1.82) is 0 Å². The highest BCUT2D eigenvalue weighted by atomic mass is 79.9. The maximum atomic E-state index is 5.85. The Balaban J connectivity index is 2.21. The number of halogens is 1. The monoisotopic (exact) mass is 343 g/mol.